The Morgan fingerprint density at radius 3 is 2.88 bits per heavy atom. The lowest BCUT2D eigenvalue weighted by Crippen LogP contribution is -2.41. The second-order valence-electron chi connectivity index (χ2n) is 7.59. The zero-order valence-corrected chi connectivity index (χ0v) is 15.4. The van der Waals surface area contributed by atoms with Gasteiger partial charge in [-0.1, -0.05) is 5.21 Å². The van der Waals surface area contributed by atoms with Gasteiger partial charge in [0.2, 0.25) is 0 Å². The van der Waals surface area contributed by atoms with Crippen LogP contribution in [0, 0.1) is 12.8 Å². The maximum Gasteiger partial charge on any atom is 0.289 e. The third-order valence-electron chi connectivity index (χ3n) is 5.33. The summed E-state index contributed by atoms with van der Waals surface area (Å²) in [6, 6.07) is 0. The van der Waals surface area contributed by atoms with Crippen molar-refractivity contribution in [3.8, 4) is 0 Å². The molecule has 0 radical (unpaired) electrons. The number of imidazole rings is 1. The highest BCUT2D eigenvalue weighted by Crippen LogP contribution is 2.20. The van der Waals surface area contributed by atoms with Crippen LogP contribution in [0.1, 0.15) is 47.7 Å². The van der Waals surface area contributed by atoms with Gasteiger partial charge in [0.25, 0.3) is 5.91 Å². The number of H-pyrrole nitrogens is 1. The summed E-state index contributed by atoms with van der Waals surface area (Å²) < 4.78 is 1.95. The van der Waals surface area contributed by atoms with E-state index in [0.29, 0.717) is 11.7 Å². The molecule has 2 aromatic rings. The zero-order valence-electron chi connectivity index (χ0n) is 15.4. The van der Waals surface area contributed by atoms with Gasteiger partial charge in [0, 0.05) is 44.3 Å². The van der Waals surface area contributed by atoms with Gasteiger partial charge in [-0.05, 0) is 51.6 Å². The summed E-state index contributed by atoms with van der Waals surface area (Å²) in [5.41, 5.74) is 1.96. The van der Waals surface area contributed by atoms with Gasteiger partial charge in [-0.2, -0.15) is 0 Å². The standard InChI is InChI=1S/C18H27N7O/c1-14-9-19-17(20-14)18(26)24-8-4-5-15(10-24)11-25-13-16(21-22-25)12-23-6-2-3-7-23/h9,13,15H,2-8,10-12H2,1H3,(H,19,20)/t15-/m0/s1. The predicted octanol–water partition coefficient (Wildman–Crippen LogP) is 1.46. The van der Waals surface area contributed by atoms with Crippen LogP contribution in [0.5, 0.6) is 0 Å². The van der Waals surface area contributed by atoms with Crippen molar-refractivity contribution in [2.75, 3.05) is 26.2 Å². The zero-order chi connectivity index (χ0) is 17.9. The number of hydrogen-bond donors (Lipinski definition) is 1. The molecule has 140 valence electrons. The fraction of sp³-hybridized carbons (Fsp3) is 0.667. The van der Waals surface area contributed by atoms with E-state index >= 15 is 0 Å². The first-order valence-electron chi connectivity index (χ1n) is 9.59. The van der Waals surface area contributed by atoms with Gasteiger partial charge in [-0.15, -0.1) is 5.10 Å². The SMILES string of the molecule is Cc1cnc(C(=O)N2CCC[C@H](Cn3cc(CN4CCCC4)nn3)C2)[nH]1. The van der Waals surface area contributed by atoms with E-state index < -0.39 is 0 Å². The number of aryl methyl sites for hydroxylation is 1. The average molecular weight is 357 g/mol. The molecule has 0 aliphatic carbocycles. The summed E-state index contributed by atoms with van der Waals surface area (Å²) in [6.45, 7) is 7.50. The van der Waals surface area contributed by atoms with Crippen molar-refractivity contribution in [3.05, 3.63) is 29.6 Å². The predicted molar refractivity (Wildman–Crippen MR) is 96.5 cm³/mol. The molecular weight excluding hydrogens is 330 g/mol. The lowest BCUT2D eigenvalue weighted by atomic mass is 9.98. The first-order valence-corrected chi connectivity index (χ1v) is 9.59. The van der Waals surface area contributed by atoms with Crippen LogP contribution in [0.3, 0.4) is 0 Å². The molecule has 26 heavy (non-hydrogen) atoms. The summed E-state index contributed by atoms with van der Waals surface area (Å²) in [7, 11) is 0. The van der Waals surface area contributed by atoms with Crippen molar-refractivity contribution in [3.63, 3.8) is 0 Å². The van der Waals surface area contributed by atoms with E-state index in [1.165, 1.54) is 25.9 Å². The van der Waals surface area contributed by atoms with E-state index in [4.69, 9.17) is 0 Å². The van der Waals surface area contributed by atoms with Crippen molar-refractivity contribution in [1.29, 1.82) is 0 Å². The number of piperidine rings is 1. The van der Waals surface area contributed by atoms with Crippen molar-refractivity contribution >= 4 is 5.91 Å². The molecule has 1 amide bonds. The smallest absolute Gasteiger partial charge is 0.289 e. The Bertz CT molecular complexity index is 746. The van der Waals surface area contributed by atoms with E-state index in [1.807, 2.05) is 16.5 Å². The fourth-order valence-electron chi connectivity index (χ4n) is 4.00. The van der Waals surface area contributed by atoms with Crippen LogP contribution in [0.2, 0.25) is 0 Å². The van der Waals surface area contributed by atoms with E-state index in [1.54, 1.807) is 6.20 Å². The molecule has 0 spiro atoms. The van der Waals surface area contributed by atoms with Crippen LogP contribution in [0.15, 0.2) is 12.4 Å². The number of rotatable bonds is 5. The van der Waals surface area contributed by atoms with Crippen LogP contribution < -0.4 is 0 Å². The molecule has 0 saturated carbocycles. The molecule has 4 rings (SSSR count). The number of likely N-dealkylation sites (tertiary alicyclic amines) is 2. The second-order valence-corrected chi connectivity index (χ2v) is 7.59. The normalized spacial score (nSPS) is 21.4. The number of carbonyl (C=O) groups is 1. The number of hydrogen-bond acceptors (Lipinski definition) is 5. The summed E-state index contributed by atoms with van der Waals surface area (Å²) in [6.07, 6.45) is 8.47. The molecule has 0 bridgehead atoms. The first kappa shape index (κ1) is 17.2. The maximum atomic E-state index is 12.6. The fourth-order valence-corrected chi connectivity index (χ4v) is 4.00. The Balaban J connectivity index is 1.33. The highest BCUT2D eigenvalue weighted by molar-refractivity contribution is 5.90. The van der Waals surface area contributed by atoms with Crippen molar-refractivity contribution in [2.24, 2.45) is 5.92 Å². The Morgan fingerprint density at radius 1 is 1.27 bits per heavy atom. The van der Waals surface area contributed by atoms with Gasteiger partial charge in [0.15, 0.2) is 5.82 Å². The van der Waals surface area contributed by atoms with Crippen LogP contribution in [0.25, 0.3) is 0 Å². The van der Waals surface area contributed by atoms with Crippen LogP contribution in [-0.2, 0) is 13.1 Å². The van der Waals surface area contributed by atoms with Crippen LogP contribution in [0.4, 0.5) is 0 Å². The van der Waals surface area contributed by atoms with E-state index in [-0.39, 0.29) is 5.91 Å². The summed E-state index contributed by atoms with van der Waals surface area (Å²) in [4.78, 5) is 24.2. The molecule has 1 atom stereocenters. The van der Waals surface area contributed by atoms with E-state index in [0.717, 1.165) is 50.4 Å². The number of nitrogens with zero attached hydrogens (tertiary/aromatic N) is 6. The molecule has 8 nitrogen and oxygen atoms in total. The largest absolute Gasteiger partial charge is 0.338 e. The molecule has 2 saturated heterocycles. The monoisotopic (exact) mass is 357 g/mol. The minimum atomic E-state index is -0.00360. The Kier molecular flexibility index (Phi) is 5.01. The molecular formula is C18H27N7O. The summed E-state index contributed by atoms with van der Waals surface area (Å²) in [5, 5.41) is 8.63. The van der Waals surface area contributed by atoms with Crippen LogP contribution >= 0.6 is 0 Å². The molecule has 0 unspecified atom stereocenters. The third-order valence-corrected chi connectivity index (χ3v) is 5.33. The third kappa shape index (κ3) is 3.95. The van der Waals surface area contributed by atoms with Crippen molar-refractivity contribution < 1.29 is 4.79 Å². The first-order chi connectivity index (χ1) is 12.7. The van der Waals surface area contributed by atoms with Crippen molar-refractivity contribution in [2.45, 2.75) is 45.7 Å². The second kappa shape index (κ2) is 7.57. The van der Waals surface area contributed by atoms with E-state index in [2.05, 4.69) is 31.4 Å². The van der Waals surface area contributed by atoms with Gasteiger partial charge in [-0.25, -0.2) is 4.98 Å². The topological polar surface area (TPSA) is 82.9 Å². The molecule has 4 heterocycles. The number of aromatic amines is 1. The maximum absolute atomic E-state index is 12.6. The van der Waals surface area contributed by atoms with Gasteiger partial charge in [0.05, 0.1) is 5.69 Å². The molecule has 1 N–H and O–H groups in total. The molecule has 2 aromatic heterocycles. The number of nitrogens with one attached hydrogen (secondary N) is 1. The highest BCUT2D eigenvalue weighted by Gasteiger charge is 2.26. The van der Waals surface area contributed by atoms with Gasteiger partial charge >= 0.3 is 0 Å². The molecule has 8 heteroatoms. The lowest BCUT2D eigenvalue weighted by molar-refractivity contribution is 0.0648. The van der Waals surface area contributed by atoms with Gasteiger partial charge in [-0.3, -0.25) is 14.4 Å². The lowest BCUT2D eigenvalue weighted by Gasteiger charge is -2.32. The van der Waals surface area contributed by atoms with Gasteiger partial charge < -0.3 is 9.88 Å². The molecule has 2 aliphatic rings. The minimum absolute atomic E-state index is 0.00360. The van der Waals surface area contributed by atoms with Gasteiger partial charge in [0.1, 0.15) is 0 Å². The molecule has 2 fully saturated rings. The molecule has 0 aromatic carbocycles. The number of amides is 1. The average Bonchev–Trinajstić information content (AvgIpc) is 3.38. The highest BCUT2D eigenvalue weighted by atomic mass is 16.2. The summed E-state index contributed by atoms with van der Waals surface area (Å²) in [5.74, 6) is 0.845. The summed E-state index contributed by atoms with van der Waals surface area (Å²) >= 11 is 0. The number of carbonyl (C=O) groups excluding carboxylic acids is 1. The van der Waals surface area contributed by atoms with Crippen molar-refractivity contribution in [1.82, 2.24) is 34.8 Å². The quantitative estimate of drug-likeness (QED) is 0.876. The van der Waals surface area contributed by atoms with Crippen LogP contribution in [-0.4, -0.2) is 66.8 Å². The number of aromatic nitrogens is 5. The minimum Gasteiger partial charge on any atom is -0.338 e. The Labute approximate surface area is 153 Å². The Morgan fingerprint density at radius 2 is 2.12 bits per heavy atom. The van der Waals surface area contributed by atoms with E-state index in [9.17, 15) is 4.79 Å². The molecule has 2 aliphatic heterocycles. The Hall–Kier alpha value is -2.22.